The summed E-state index contributed by atoms with van der Waals surface area (Å²) in [6, 6.07) is 0. The van der Waals surface area contributed by atoms with Crippen molar-refractivity contribution in [1.82, 2.24) is 0 Å². The molecule has 0 aromatic heterocycles. The second-order valence-corrected chi connectivity index (χ2v) is 5.68. The number of ether oxygens (including phenoxy) is 1. The Morgan fingerprint density at radius 2 is 1.62 bits per heavy atom. The van der Waals surface area contributed by atoms with Crippen molar-refractivity contribution >= 4 is 7.37 Å². The number of aliphatic hydroxyl groups is 1. The van der Waals surface area contributed by atoms with Gasteiger partial charge in [0.25, 0.3) is 0 Å². The molecule has 0 radical (unpaired) electrons. The minimum atomic E-state index is -2.41. The highest BCUT2D eigenvalue weighted by Crippen LogP contribution is 2.38. The third-order valence-electron chi connectivity index (χ3n) is 1.02. The molecule has 0 rings (SSSR count). The molecule has 0 aliphatic rings. The molecule has 0 amide bonds. The topological polar surface area (TPSA) is 55.8 Å². The molecule has 0 aliphatic heterocycles. The molecule has 5 heteroatoms. The summed E-state index contributed by atoms with van der Waals surface area (Å²) in [7, 11) is -2.41. The van der Waals surface area contributed by atoms with Crippen LogP contribution >= 0.6 is 7.37 Å². The van der Waals surface area contributed by atoms with Gasteiger partial charge in [0.15, 0.2) is 7.37 Å². The predicted molar refractivity (Wildman–Crippen MR) is 74.8 cm³/mol. The lowest BCUT2D eigenvalue weighted by molar-refractivity contribution is 0.0408. The van der Waals surface area contributed by atoms with Crippen molar-refractivity contribution in [3.8, 4) is 0 Å². The third-order valence-corrected chi connectivity index (χ3v) is 1.89. The Hall–Kier alpha value is 0.110. The summed E-state index contributed by atoms with van der Waals surface area (Å²) in [4.78, 5) is 0. The van der Waals surface area contributed by atoms with Crippen molar-refractivity contribution in [1.29, 1.82) is 0 Å². The molecule has 16 heavy (non-hydrogen) atoms. The van der Waals surface area contributed by atoms with Gasteiger partial charge in [-0.1, -0.05) is 29.7 Å². The number of hydrogen-bond donors (Lipinski definition) is 1. The number of rotatable bonds is 6. The molecule has 0 spiro atoms. The van der Waals surface area contributed by atoms with Crippen molar-refractivity contribution in [2.75, 3.05) is 33.2 Å². The monoisotopic (exact) mass is 260 g/mol. The molecule has 1 N–H and O–H groups in total. The molecule has 0 fully saturated rings. The highest BCUT2D eigenvalue weighted by atomic mass is 31.2. The number of aliphatic hydroxyl groups excluding tert-OH is 1. The van der Waals surface area contributed by atoms with Gasteiger partial charge in [-0.15, -0.1) is 0 Å². The van der Waals surface area contributed by atoms with E-state index in [2.05, 4.69) is 0 Å². The molecule has 0 saturated heterocycles. The Balaban J connectivity index is -0.000000101. The SMILES string of the molecule is C.C.C.C.CC(COCCO)OP(C)(C)=O. The minimum Gasteiger partial charge on any atom is -0.394 e. The van der Waals surface area contributed by atoms with Crippen molar-refractivity contribution in [2.45, 2.75) is 42.7 Å². The smallest absolute Gasteiger partial charge is 0.197 e. The Kier molecular flexibility index (Phi) is 28.1. The molecule has 0 bridgehead atoms. The fraction of sp³-hybridized carbons (Fsp3) is 1.00. The zero-order chi connectivity index (χ0) is 9.61. The lowest BCUT2D eigenvalue weighted by Gasteiger charge is -2.15. The molecular weight excluding hydrogens is 227 g/mol. The van der Waals surface area contributed by atoms with Gasteiger partial charge in [0.05, 0.1) is 25.9 Å². The first-order chi connectivity index (χ1) is 5.45. The van der Waals surface area contributed by atoms with Crippen LogP contribution in [-0.2, 0) is 13.8 Å². The summed E-state index contributed by atoms with van der Waals surface area (Å²) < 4.78 is 21.3. The van der Waals surface area contributed by atoms with Gasteiger partial charge in [-0.3, -0.25) is 4.57 Å². The molecular formula is C11H33O4P. The van der Waals surface area contributed by atoms with Gasteiger partial charge < -0.3 is 14.4 Å². The normalized spacial score (nSPS) is 11.0. The van der Waals surface area contributed by atoms with Gasteiger partial charge in [-0.2, -0.15) is 0 Å². The van der Waals surface area contributed by atoms with E-state index in [0.29, 0.717) is 13.2 Å². The maximum atomic E-state index is 11.1. The van der Waals surface area contributed by atoms with E-state index >= 15 is 0 Å². The lowest BCUT2D eigenvalue weighted by atomic mass is 10.4. The maximum Gasteiger partial charge on any atom is 0.197 e. The van der Waals surface area contributed by atoms with E-state index in [1.165, 1.54) is 0 Å². The van der Waals surface area contributed by atoms with Crippen LogP contribution in [0.25, 0.3) is 0 Å². The Morgan fingerprint density at radius 3 is 1.94 bits per heavy atom. The molecule has 4 nitrogen and oxygen atoms in total. The van der Waals surface area contributed by atoms with Crippen molar-refractivity contribution < 1.29 is 18.9 Å². The third kappa shape index (κ3) is 23.7. The van der Waals surface area contributed by atoms with Gasteiger partial charge in [0, 0.05) is 13.3 Å². The van der Waals surface area contributed by atoms with Gasteiger partial charge >= 0.3 is 0 Å². The predicted octanol–water partition coefficient (Wildman–Crippen LogP) is 3.48. The van der Waals surface area contributed by atoms with E-state index < -0.39 is 7.37 Å². The lowest BCUT2D eigenvalue weighted by Crippen LogP contribution is -2.15. The summed E-state index contributed by atoms with van der Waals surface area (Å²) in [5.41, 5.74) is 0. The Bertz CT molecular complexity index is 156. The van der Waals surface area contributed by atoms with Crippen molar-refractivity contribution in [3.63, 3.8) is 0 Å². The second kappa shape index (κ2) is 15.1. The zero-order valence-corrected chi connectivity index (χ0v) is 8.71. The van der Waals surface area contributed by atoms with Crippen LogP contribution in [0.4, 0.5) is 0 Å². The first kappa shape index (κ1) is 29.8. The van der Waals surface area contributed by atoms with Crippen LogP contribution in [0, 0.1) is 0 Å². The highest BCUT2D eigenvalue weighted by molar-refractivity contribution is 7.57. The van der Waals surface area contributed by atoms with Gasteiger partial charge in [-0.05, 0) is 6.92 Å². The molecule has 1 unspecified atom stereocenters. The fourth-order valence-corrected chi connectivity index (χ4v) is 1.71. The Labute approximate surface area is 103 Å². The summed E-state index contributed by atoms with van der Waals surface area (Å²) in [5, 5.41) is 8.39. The fourth-order valence-electron chi connectivity index (χ4n) is 0.778. The summed E-state index contributed by atoms with van der Waals surface area (Å²) in [5.74, 6) is 0. The van der Waals surface area contributed by atoms with E-state index in [-0.39, 0.29) is 42.4 Å². The molecule has 0 heterocycles. The molecule has 106 valence electrons. The Morgan fingerprint density at radius 1 is 1.19 bits per heavy atom. The summed E-state index contributed by atoms with van der Waals surface area (Å²) in [6.45, 7) is 5.59. The van der Waals surface area contributed by atoms with Crippen LogP contribution in [0.5, 0.6) is 0 Å². The van der Waals surface area contributed by atoms with E-state index in [1.807, 2.05) is 0 Å². The molecule has 0 aromatic carbocycles. The number of hydrogen-bond acceptors (Lipinski definition) is 4. The quantitative estimate of drug-likeness (QED) is 0.586. The van der Waals surface area contributed by atoms with Gasteiger partial charge in [0.1, 0.15) is 0 Å². The van der Waals surface area contributed by atoms with Gasteiger partial charge in [-0.25, -0.2) is 0 Å². The van der Waals surface area contributed by atoms with E-state index in [0.717, 1.165) is 0 Å². The summed E-state index contributed by atoms with van der Waals surface area (Å²) >= 11 is 0. The maximum absolute atomic E-state index is 11.1. The summed E-state index contributed by atoms with van der Waals surface area (Å²) in [6.07, 6.45) is -0.183. The molecule has 1 atom stereocenters. The van der Waals surface area contributed by atoms with Crippen LogP contribution < -0.4 is 0 Å². The first-order valence-electron chi connectivity index (χ1n) is 3.87. The molecule has 0 saturated carbocycles. The largest absolute Gasteiger partial charge is 0.394 e. The van der Waals surface area contributed by atoms with Crippen LogP contribution in [0.3, 0.4) is 0 Å². The van der Waals surface area contributed by atoms with Crippen LogP contribution in [-0.4, -0.2) is 44.4 Å². The van der Waals surface area contributed by atoms with Crippen LogP contribution in [0.1, 0.15) is 36.6 Å². The van der Waals surface area contributed by atoms with Crippen LogP contribution in [0.15, 0.2) is 0 Å². The van der Waals surface area contributed by atoms with Crippen LogP contribution in [0.2, 0.25) is 0 Å². The van der Waals surface area contributed by atoms with E-state index in [4.69, 9.17) is 14.4 Å². The van der Waals surface area contributed by atoms with E-state index in [1.54, 1.807) is 20.3 Å². The minimum absolute atomic E-state index is 0. The first-order valence-corrected chi connectivity index (χ1v) is 6.39. The van der Waals surface area contributed by atoms with Crippen molar-refractivity contribution in [2.24, 2.45) is 0 Å². The second-order valence-electron chi connectivity index (χ2n) is 2.97. The molecule has 0 aromatic rings. The average molecular weight is 260 g/mol. The molecule has 0 aliphatic carbocycles. The zero-order valence-electron chi connectivity index (χ0n) is 7.82. The van der Waals surface area contributed by atoms with Gasteiger partial charge in [0.2, 0.25) is 0 Å². The van der Waals surface area contributed by atoms with E-state index in [9.17, 15) is 4.57 Å². The van der Waals surface area contributed by atoms with Crippen molar-refractivity contribution in [3.05, 3.63) is 0 Å². The highest BCUT2D eigenvalue weighted by Gasteiger charge is 2.12. The standard InChI is InChI=1S/C7H17O4P.4CH4/c1-7(6-10-5-4-8)11-12(2,3)9;;;;/h7-8H,4-6H2,1-3H3;4*1H4. The average Bonchev–Trinajstić information content (AvgIpc) is 1.84.